The Morgan fingerprint density at radius 2 is 1.58 bits per heavy atom. The lowest BCUT2D eigenvalue weighted by Crippen LogP contribution is -2.23. The van der Waals surface area contributed by atoms with Gasteiger partial charge in [-0.15, -0.1) is 31.5 Å². The molecule has 0 bridgehead atoms. The Morgan fingerprint density at radius 3 is 2.00 bits per heavy atom. The maximum Gasteiger partial charge on any atom is 0.0453 e. The predicted octanol–water partition coefficient (Wildman–Crippen LogP) is 2.54. The summed E-state index contributed by atoms with van der Waals surface area (Å²) in [4.78, 5) is 2.27. The van der Waals surface area contributed by atoms with Crippen LogP contribution in [-0.4, -0.2) is 29.6 Å². The Labute approximate surface area is 79.8 Å². The molecule has 0 aliphatic rings. The van der Waals surface area contributed by atoms with Gasteiger partial charge in [0.25, 0.3) is 0 Å². The minimum atomic E-state index is 0.927. The molecule has 0 unspecified atom stereocenters. The Kier molecular flexibility index (Phi) is 8.29. The van der Waals surface area contributed by atoms with Crippen LogP contribution in [0.25, 0.3) is 0 Å². The van der Waals surface area contributed by atoms with E-state index >= 15 is 0 Å². The molecule has 0 saturated carbocycles. The zero-order valence-corrected chi connectivity index (χ0v) is 8.35. The van der Waals surface area contributed by atoms with E-state index in [1.165, 1.54) is 0 Å². The van der Waals surface area contributed by atoms with Crippen LogP contribution in [0.4, 0.5) is 0 Å². The first-order chi connectivity index (χ1) is 5.85. The quantitative estimate of drug-likeness (QED) is 0.323. The second kappa shape index (κ2) is 8.62. The second-order valence-corrected chi connectivity index (χ2v) is 3.40. The molecule has 0 aliphatic carbocycles. The Morgan fingerprint density at radius 1 is 1.00 bits per heavy atom. The topological polar surface area (TPSA) is 3.24 Å². The highest BCUT2D eigenvalue weighted by atomic mass is 32.2. The molecule has 0 N–H and O–H groups in total. The van der Waals surface area contributed by atoms with Crippen LogP contribution in [0.5, 0.6) is 0 Å². The van der Waals surface area contributed by atoms with Crippen molar-refractivity contribution in [3.8, 4) is 0 Å². The van der Waals surface area contributed by atoms with Crippen molar-refractivity contribution in [1.82, 2.24) is 4.90 Å². The maximum atomic E-state index is 3.71. The summed E-state index contributed by atoms with van der Waals surface area (Å²) in [6.45, 7) is 12.9. The molecule has 0 rings (SSSR count). The Bertz CT molecular complexity index is 133. The van der Waals surface area contributed by atoms with E-state index in [2.05, 4.69) is 24.6 Å². The van der Waals surface area contributed by atoms with Gasteiger partial charge in [-0.25, -0.2) is 0 Å². The van der Waals surface area contributed by atoms with Gasteiger partial charge in [-0.05, 0) is 0 Å². The minimum Gasteiger partial charge on any atom is -0.287 e. The zero-order valence-electron chi connectivity index (χ0n) is 7.54. The second-order valence-electron chi connectivity index (χ2n) is 2.40. The molecule has 0 aromatic rings. The summed E-state index contributed by atoms with van der Waals surface area (Å²) in [6.07, 6.45) is 5.75. The average molecular weight is 183 g/mol. The van der Waals surface area contributed by atoms with Gasteiger partial charge in [-0.3, -0.25) is 4.90 Å². The van der Waals surface area contributed by atoms with Crippen LogP contribution in [0.2, 0.25) is 0 Å². The minimum absolute atomic E-state index is 0.927. The fourth-order valence-electron chi connectivity index (χ4n) is 0.810. The molecule has 0 radical (unpaired) electrons. The molecule has 68 valence electrons. The molecule has 0 spiro atoms. The van der Waals surface area contributed by atoms with Gasteiger partial charge in [-0.2, -0.15) is 0 Å². The van der Waals surface area contributed by atoms with Gasteiger partial charge in [0, 0.05) is 24.7 Å². The van der Waals surface area contributed by atoms with Crippen LogP contribution in [0.3, 0.4) is 0 Å². The lowest BCUT2D eigenvalue weighted by atomic mass is 10.5. The molecule has 1 nitrogen and oxygen atoms in total. The number of nitrogens with zero attached hydrogens (tertiary/aromatic N) is 1. The summed E-state index contributed by atoms with van der Waals surface area (Å²) < 4.78 is 0. The summed E-state index contributed by atoms with van der Waals surface area (Å²) in [5.74, 6) is 2.02. The van der Waals surface area contributed by atoms with Crippen LogP contribution in [-0.2, 0) is 0 Å². The molecular weight excluding hydrogens is 166 g/mol. The molecule has 0 aromatic carbocycles. The van der Waals surface area contributed by atoms with E-state index in [9.17, 15) is 0 Å². The van der Waals surface area contributed by atoms with Gasteiger partial charge in [0.05, 0.1) is 0 Å². The monoisotopic (exact) mass is 183 g/mol. The van der Waals surface area contributed by atoms with E-state index in [1.54, 1.807) is 0 Å². The maximum absolute atomic E-state index is 3.71. The van der Waals surface area contributed by atoms with Crippen LogP contribution in [0.15, 0.2) is 38.0 Å². The SMILES string of the molecule is C=CCSCN(CC=C)CC=C. The molecule has 0 heterocycles. The van der Waals surface area contributed by atoms with Gasteiger partial charge in [0.2, 0.25) is 0 Å². The lowest BCUT2D eigenvalue weighted by molar-refractivity contribution is 0.397. The molecule has 0 atom stereocenters. The molecule has 0 aromatic heterocycles. The summed E-state index contributed by atoms with van der Waals surface area (Å²) in [7, 11) is 0. The van der Waals surface area contributed by atoms with Crippen molar-refractivity contribution >= 4 is 11.8 Å². The van der Waals surface area contributed by atoms with Gasteiger partial charge in [0.15, 0.2) is 0 Å². The Balaban J connectivity index is 3.53. The molecule has 0 aliphatic heterocycles. The van der Waals surface area contributed by atoms with E-state index < -0.39 is 0 Å². The van der Waals surface area contributed by atoms with Crippen LogP contribution in [0.1, 0.15) is 0 Å². The molecule has 0 amide bonds. The molecule has 0 fully saturated rings. The predicted molar refractivity (Wildman–Crippen MR) is 59.5 cm³/mol. The van der Waals surface area contributed by atoms with Crippen molar-refractivity contribution in [3.05, 3.63) is 38.0 Å². The first-order valence-corrected chi connectivity index (χ1v) is 5.13. The first kappa shape index (κ1) is 11.5. The summed E-state index contributed by atoms with van der Waals surface area (Å²) in [6, 6.07) is 0. The van der Waals surface area contributed by atoms with Gasteiger partial charge in [-0.1, -0.05) is 18.2 Å². The van der Waals surface area contributed by atoms with E-state index in [0.717, 1.165) is 24.7 Å². The van der Waals surface area contributed by atoms with Crippen molar-refractivity contribution in [2.24, 2.45) is 0 Å². The van der Waals surface area contributed by atoms with Crippen LogP contribution >= 0.6 is 11.8 Å². The summed E-state index contributed by atoms with van der Waals surface area (Å²) >= 11 is 1.85. The average Bonchev–Trinajstić information content (AvgIpc) is 2.06. The zero-order chi connectivity index (χ0) is 9.23. The van der Waals surface area contributed by atoms with Crippen molar-refractivity contribution in [1.29, 1.82) is 0 Å². The lowest BCUT2D eigenvalue weighted by Gasteiger charge is -2.17. The van der Waals surface area contributed by atoms with E-state index in [1.807, 2.05) is 30.0 Å². The highest BCUT2D eigenvalue weighted by molar-refractivity contribution is 7.99. The number of hydrogen-bond donors (Lipinski definition) is 0. The van der Waals surface area contributed by atoms with Crippen molar-refractivity contribution in [2.75, 3.05) is 24.7 Å². The highest BCUT2D eigenvalue weighted by Crippen LogP contribution is 2.03. The third-order valence-electron chi connectivity index (χ3n) is 1.28. The number of hydrogen-bond acceptors (Lipinski definition) is 2. The van der Waals surface area contributed by atoms with Gasteiger partial charge >= 0.3 is 0 Å². The van der Waals surface area contributed by atoms with Crippen molar-refractivity contribution < 1.29 is 0 Å². The standard InChI is InChI=1S/C10H17NS/c1-4-7-11(8-5-2)10-12-9-6-3/h4-6H,1-3,7-10H2. The summed E-state index contributed by atoms with van der Waals surface area (Å²) in [5.41, 5.74) is 0. The molecule has 0 saturated heterocycles. The van der Waals surface area contributed by atoms with Crippen LogP contribution in [0, 0.1) is 0 Å². The molecule has 2 heteroatoms. The smallest absolute Gasteiger partial charge is 0.0453 e. The van der Waals surface area contributed by atoms with E-state index in [4.69, 9.17) is 0 Å². The fraction of sp³-hybridized carbons (Fsp3) is 0.400. The fourth-order valence-corrected chi connectivity index (χ4v) is 1.55. The summed E-state index contributed by atoms with van der Waals surface area (Å²) in [5, 5.41) is 0. The van der Waals surface area contributed by atoms with E-state index in [-0.39, 0.29) is 0 Å². The third-order valence-corrected chi connectivity index (χ3v) is 2.30. The normalized spacial score (nSPS) is 9.75. The van der Waals surface area contributed by atoms with Crippen molar-refractivity contribution in [3.63, 3.8) is 0 Å². The van der Waals surface area contributed by atoms with E-state index in [0.29, 0.717) is 0 Å². The number of rotatable bonds is 8. The highest BCUT2D eigenvalue weighted by Gasteiger charge is 1.98. The van der Waals surface area contributed by atoms with Gasteiger partial charge in [0.1, 0.15) is 0 Å². The molecular formula is C10H17NS. The van der Waals surface area contributed by atoms with Gasteiger partial charge < -0.3 is 0 Å². The number of thioether (sulfide) groups is 1. The molecule has 12 heavy (non-hydrogen) atoms. The Hall–Kier alpha value is -0.470. The largest absolute Gasteiger partial charge is 0.287 e. The van der Waals surface area contributed by atoms with Crippen molar-refractivity contribution in [2.45, 2.75) is 0 Å². The third kappa shape index (κ3) is 6.25. The first-order valence-electron chi connectivity index (χ1n) is 3.98. The van der Waals surface area contributed by atoms with Crippen LogP contribution < -0.4 is 0 Å².